The SMILES string of the molecule is CNc1ncnc(NCCN(C)CCOC)c1C. The van der Waals surface area contributed by atoms with Crippen LogP contribution in [0.5, 0.6) is 0 Å². The van der Waals surface area contributed by atoms with Crippen molar-refractivity contribution in [2.75, 3.05) is 58.1 Å². The van der Waals surface area contributed by atoms with Gasteiger partial charge >= 0.3 is 0 Å². The number of nitrogens with zero attached hydrogens (tertiary/aromatic N) is 3. The maximum Gasteiger partial charge on any atom is 0.134 e. The maximum absolute atomic E-state index is 5.04. The predicted molar refractivity (Wildman–Crippen MR) is 74.2 cm³/mol. The zero-order valence-corrected chi connectivity index (χ0v) is 11.7. The first kappa shape index (κ1) is 14.7. The number of nitrogens with one attached hydrogen (secondary N) is 2. The number of anilines is 2. The highest BCUT2D eigenvalue weighted by atomic mass is 16.5. The highest BCUT2D eigenvalue weighted by Gasteiger charge is 2.05. The van der Waals surface area contributed by atoms with E-state index in [9.17, 15) is 0 Å². The van der Waals surface area contributed by atoms with Crippen LogP contribution in [-0.4, -0.2) is 62.3 Å². The fourth-order valence-electron chi connectivity index (χ4n) is 1.60. The molecule has 1 rings (SSSR count). The van der Waals surface area contributed by atoms with Crippen LogP contribution in [0, 0.1) is 6.92 Å². The molecule has 0 atom stereocenters. The van der Waals surface area contributed by atoms with Crippen molar-refractivity contribution in [3.63, 3.8) is 0 Å². The summed E-state index contributed by atoms with van der Waals surface area (Å²) in [5.74, 6) is 1.75. The van der Waals surface area contributed by atoms with E-state index in [1.165, 1.54) is 0 Å². The number of methoxy groups -OCH3 is 1. The van der Waals surface area contributed by atoms with E-state index in [2.05, 4.69) is 32.5 Å². The zero-order valence-electron chi connectivity index (χ0n) is 11.7. The molecule has 0 aliphatic rings. The molecular formula is C12H23N5O. The van der Waals surface area contributed by atoms with E-state index in [1.807, 2.05) is 14.0 Å². The Bertz CT molecular complexity index is 358. The first-order chi connectivity index (χ1) is 8.69. The molecule has 0 amide bonds. The average Bonchev–Trinajstić information content (AvgIpc) is 2.38. The monoisotopic (exact) mass is 253 g/mol. The molecule has 18 heavy (non-hydrogen) atoms. The normalized spacial score (nSPS) is 10.7. The fourth-order valence-corrected chi connectivity index (χ4v) is 1.60. The number of hydrogen-bond donors (Lipinski definition) is 2. The van der Waals surface area contributed by atoms with Crippen LogP contribution < -0.4 is 10.6 Å². The van der Waals surface area contributed by atoms with E-state index in [4.69, 9.17) is 4.74 Å². The minimum Gasteiger partial charge on any atom is -0.383 e. The second-order valence-electron chi connectivity index (χ2n) is 4.17. The lowest BCUT2D eigenvalue weighted by molar-refractivity contribution is 0.163. The largest absolute Gasteiger partial charge is 0.383 e. The summed E-state index contributed by atoms with van der Waals surface area (Å²) >= 11 is 0. The van der Waals surface area contributed by atoms with E-state index in [0.29, 0.717) is 0 Å². The molecule has 0 aliphatic carbocycles. The Hall–Kier alpha value is -1.40. The molecule has 102 valence electrons. The molecular weight excluding hydrogens is 230 g/mol. The number of aromatic nitrogens is 2. The molecule has 0 aromatic carbocycles. The average molecular weight is 253 g/mol. The van der Waals surface area contributed by atoms with Crippen molar-refractivity contribution in [2.45, 2.75) is 6.92 Å². The lowest BCUT2D eigenvalue weighted by atomic mass is 10.3. The van der Waals surface area contributed by atoms with Gasteiger partial charge in [-0.25, -0.2) is 9.97 Å². The highest BCUT2D eigenvalue weighted by molar-refractivity contribution is 5.55. The predicted octanol–water partition coefficient (Wildman–Crippen LogP) is 0.817. The summed E-state index contributed by atoms with van der Waals surface area (Å²) < 4.78 is 5.04. The molecule has 0 radical (unpaired) electrons. The molecule has 1 heterocycles. The van der Waals surface area contributed by atoms with Gasteiger partial charge in [0.05, 0.1) is 6.61 Å². The number of ether oxygens (including phenoxy) is 1. The summed E-state index contributed by atoms with van der Waals surface area (Å²) in [7, 11) is 5.65. The minimum atomic E-state index is 0.757. The lowest BCUT2D eigenvalue weighted by Gasteiger charge is -2.17. The molecule has 2 N–H and O–H groups in total. The Kier molecular flexibility index (Phi) is 6.38. The van der Waals surface area contributed by atoms with Crippen LogP contribution in [-0.2, 0) is 4.74 Å². The highest BCUT2D eigenvalue weighted by Crippen LogP contribution is 2.16. The van der Waals surface area contributed by atoms with Gasteiger partial charge in [-0.2, -0.15) is 0 Å². The van der Waals surface area contributed by atoms with Gasteiger partial charge in [-0.15, -0.1) is 0 Å². The molecule has 0 saturated carbocycles. The van der Waals surface area contributed by atoms with Crippen LogP contribution in [0.15, 0.2) is 6.33 Å². The van der Waals surface area contributed by atoms with Crippen molar-refractivity contribution < 1.29 is 4.74 Å². The van der Waals surface area contributed by atoms with E-state index < -0.39 is 0 Å². The van der Waals surface area contributed by atoms with Crippen LogP contribution in [0.1, 0.15) is 5.56 Å². The van der Waals surface area contributed by atoms with Gasteiger partial charge in [0, 0.05) is 39.4 Å². The van der Waals surface area contributed by atoms with Gasteiger partial charge in [0.2, 0.25) is 0 Å². The Morgan fingerprint density at radius 3 is 2.67 bits per heavy atom. The molecule has 6 nitrogen and oxygen atoms in total. The van der Waals surface area contributed by atoms with Crippen molar-refractivity contribution in [1.82, 2.24) is 14.9 Å². The van der Waals surface area contributed by atoms with Crippen LogP contribution in [0.2, 0.25) is 0 Å². The third kappa shape index (κ3) is 4.46. The minimum absolute atomic E-state index is 0.757. The molecule has 0 saturated heterocycles. The molecule has 0 bridgehead atoms. The molecule has 1 aromatic rings. The van der Waals surface area contributed by atoms with Crippen LogP contribution in [0.3, 0.4) is 0 Å². The van der Waals surface area contributed by atoms with E-state index >= 15 is 0 Å². The summed E-state index contributed by atoms with van der Waals surface area (Å²) in [5.41, 5.74) is 1.04. The molecule has 6 heteroatoms. The van der Waals surface area contributed by atoms with E-state index in [0.717, 1.165) is 43.4 Å². The smallest absolute Gasteiger partial charge is 0.134 e. The first-order valence-corrected chi connectivity index (χ1v) is 6.09. The standard InChI is InChI=1S/C12H23N5O/c1-10-11(13-2)15-9-16-12(10)14-5-6-17(3)7-8-18-4/h9H,5-8H2,1-4H3,(H2,13,14,15,16). The Morgan fingerprint density at radius 2 is 2.00 bits per heavy atom. The van der Waals surface area contributed by atoms with Gasteiger partial charge in [0.15, 0.2) is 0 Å². The van der Waals surface area contributed by atoms with Gasteiger partial charge in [-0.1, -0.05) is 0 Å². The third-order valence-electron chi connectivity index (χ3n) is 2.78. The van der Waals surface area contributed by atoms with Crippen LogP contribution in [0.4, 0.5) is 11.6 Å². The summed E-state index contributed by atoms with van der Waals surface area (Å²) in [6.45, 7) is 5.49. The second-order valence-corrected chi connectivity index (χ2v) is 4.17. The van der Waals surface area contributed by atoms with Crippen LogP contribution in [0.25, 0.3) is 0 Å². The van der Waals surface area contributed by atoms with Crippen molar-refractivity contribution >= 4 is 11.6 Å². The molecule has 0 spiro atoms. The number of rotatable bonds is 8. The van der Waals surface area contributed by atoms with Gasteiger partial charge in [-0.05, 0) is 14.0 Å². The van der Waals surface area contributed by atoms with E-state index in [1.54, 1.807) is 13.4 Å². The second kappa shape index (κ2) is 7.84. The lowest BCUT2D eigenvalue weighted by Crippen LogP contribution is -2.28. The molecule has 0 unspecified atom stereocenters. The molecule has 0 aliphatic heterocycles. The zero-order chi connectivity index (χ0) is 13.4. The summed E-state index contributed by atoms with van der Waals surface area (Å²) in [6, 6.07) is 0. The topological polar surface area (TPSA) is 62.3 Å². The van der Waals surface area contributed by atoms with Crippen molar-refractivity contribution in [3.05, 3.63) is 11.9 Å². The Morgan fingerprint density at radius 1 is 1.28 bits per heavy atom. The van der Waals surface area contributed by atoms with Gasteiger partial charge in [0.1, 0.15) is 18.0 Å². The Labute approximate surface area is 109 Å². The van der Waals surface area contributed by atoms with E-state index in [-0.39, 0.29) is 0 Å². The van der Waals surface area contributed by atoms with Gasteiger partial charge in [0.25, 0.3) is 0 Å². The first-order valence-electron chi connectivity index (χ1n) is 6.09. The third-order valence-corrected chi connectivity index (χ3v) is 2.78. The fraction of sp³-hybridized carbons (Fsp3) is 0.667. The summed E-state index contributed by atoms with van der Waals surface area (Å²) in [4.78, 5) is 10.6. The van der Waals surface area contributed by atoms with Crippen molar-refractivity contribution in [2.24, 2.45) is 0 Å². The van der Waals surface area contributed by atoms with Crippen molar-refractivity contribution in [1.29, 1.82) is 0 Å². The summed E-state index contributed by atoms with van der Waals surface area (Å²) in [6.07, 6.45) is 1.57. The number of likely N-dealkylation sites (N-methyl/N-ethyl adjacent to an activating group) is 1. The summed E-state index contributed by atoms with van der Waals surface area (Å²) in [5, 5.41) is 6.37. The quantitative estimate of drug-likeness (QED) is 0.715. The van der Waals surface area contributed by atoms with Crippen molar-refractivity contribution in [3.8, 4) is 0 Å². The molecule has 0 fully saturated rings. The number of hydrogen-bond acceptors (Lipinski definition) is 6. The maximum atomic E-state index is 5.04. The van der Waals surface area contributed by atoms with Gasteiger partial charge in [-0.3, -0.25) is 0 Å². The van der Waals surface area contributed by atoms with Gasteiger partial charge < -0.3 is 20.3 Å². The van der Waals surface area contributed by atoms with Crippen LogP contribution >= 0.6 is 0 Å². The Balaban J connectivity index is 2.39. The molecule has 1 aromatic heterocycles.